The van der Waals surface area contributed by atoms with E-state index in [9.17, 15) is 9.90 Å². The Labute approximate surface area is 89.6 Å². The average molecular weight is 202 g/mol. The van der Waals surface area contributed by atoms with Crippen LogP contribution in [0.15, 0.2) is 53.8 Å². The maximum atomic E-state index is 11.9. The molecule has 0 saturated heterocycles. The van der Waals surface area contributed by atoms with Crippen molar-refractivity contribution >= 4 is 5.78 Å². The molecular formula is C13H14O2. The van der Waals surface area contributed by atoms with Gasteiger partial charge in [0.2, 0.25) is 0 Å². The normalized spacial score (nSPS) is 12.7. The number of aliphatic hydroxyl groups is 1. The Bertz CT molecular complexity index is 400. The van der Waals surface area contributed by atoms with Gasteiger partial charge >= 0.3 is 0 Å². The van der Waals surface area contributed by atoms with E-state index in [1.54, 1.807) is 44.2 Å². The minimum atomic E-state index is -0.159. The molecule has 0 heterocycles. The Morgan fingerprint density at radius 3 is 2.20 bits per heavy atom. The predicted octanol–water partition coefficient (Wildman–Crippen LogP) is 3.28. The first-order valence-corrected chi connectivity index (χ1v) is 4.82. The molecule has 0 saturated carbocycles. The van der Waals surface area contributed by atoms with Crippen LogP contribution in [0.3, 0.4) is 0 Å². The Morgan fingerprint density at radius 1 is 1.13 bits per heavy atom. The van der Waals surface area contributed by atoms with E-state index in [1.807, 2.05) is 6.07 Å². The highest BCUT2D eigenvalue weighted by Gasteiger charge is 2.13. The zero-order valence-electron chi connectivity index (χ0n) is 8.90. The fraction of sp³-hybridized carbons (Fsp3) is 0.154. The summed E-state index contributed by atoms with van der Waals surface area (Å²) >= 11 is 0. The lowest BCUT2D eigenvalue weighted by atomic mass is 10.0. The number of hydrogen-bond acceptors (Lipinski definition) is 2. The molecule has 1 aromatic rings. The quantitative estimate of drug-likeness (QED) is 0.353. The van der Waals surface area contributed by atoms with Crippen LogP contribution >= 0.6 is 0 Å². The van der Waals surface area contributed by atoms with Gasteiger partial charge in [0.15, 0.2) is 5.78 Å². The van der Waals surface area contributed by atoms with Crippen molar-refractivity contribution in [1.82, 2.24) is 0 Å². The SMILES string of the molecule is C/C=C(O)\C(=C/C)C(=O)c1ccccc1. The smallest absolute Gasteiger partial charge is 0.196 e. The van der Waals surface area contributed by atoms with E-state index in [0.29, 0.717) is 11.1 Å². The first-order valence-electron chi connectivity index (χ1n) is 4.82. The lowest BCUT2D eigenvalue weighted by molar-refractivity contribution is 0.103. The molecule has 78 valence electrons. The van der Waals surface area contributed by atoms with Crippen LogP contribution in [0.4, 0.5) is 0 Å². The summed E-state index contributed by atoms with van der Waals surface area (Å²) in [7, 11) is 0. The molecular weight excluding hydrogens is 188 g/mol. The molecule has 1 aromatic carbocycles. The van der Waals surface area contributed by atoms with Crippen molar-refractivity contribution in [2.45, 2.75) is 13.8 Å². The molecule has 2 nitrogen and oxygen atoms in total. The monoisotopic (exact) mass is 202 g/mol. The molecule has 1 rings (SSSR count). The summed E-state index contributed by atoms with van der Waals surface area (Å²) in [4.78, 5) is 11.9. The van der Waals surface area contributed by atoms with Gasteiger partial charge in [-0.1, -0.05) is 36.4 Å². The van der Waals surface area contributed by atoms with E-state index in [-0.39, 0.29) is 11.5 Å². The lowest BCUT2D eigenvalue weighted by Gasteiger charge is -2.04. The summed E-state index contributed by atoms with van der Waals surface area (Å²) < 4.78 is 0. The fourth-order valence-corrected chi connectivity index (χ4v) is 1.30. The number of rotatable bonds is 3. The predicted molar refractivity (Wildman–Crippen MR) is 60.9 cm³/mol. The van der Waals surface area contributed by atoms with E-state index in [4.69, 9.17) is 0 Å². The van der Waals surface area contributed by atoms with E-state index >= 15 is 0 Å². The molecule has 0 bridgehead atoms. The molecule has 0 aliphatic carbocycles. The van der Waals surface area contributed by atoms with Gasteiger partial charge in [0.1, 0.15) is 5.76 Å². The summed E-state index contributed by atoms with van der Waals surface area (Å²) in [5.41, 5.74) is 0.919. The first-order chi connectivity index (χ1) is 7.20. The van der Waals surface area contributed by atoms with E-state index in [0.717, 1.165) is 0 Å². The Balaban J connectivity index is 3.05. The van der Waals surface area contributed by atoms with Crippen molar-refractivity contribution in [3.05, 3.63) is 59.4 Å². The molecule has 1 N–H and O–H groups in total. The molecule has 15 heavy (non-hydrogen) atoms. The minimum Gasteiger partial charge on any atom is -0.508 e. The second kappa shape index (κ2) is 5.15. The van der Waals surface area contributed by atoms with Crippen LogP contribution in [0.1, 0.15) is 24.2 Å². The van der Waals surface area contributed by atoms with Crippen LogP contribution in [0.25, 0.3) is 0 Å². The van der Waals surface area contributed by atoms with Crippen molar-refractivity contribution in [1.29, 1.82) is 0 Å². The maximum absolute atomic E-state index is 11.9. The topological polar surface area (TPSA) is 37.3 Å². The molecule has 0 atom stereocenters. The van der Waals surface area contributed by atoms with Crippen LogP contribution in [-0.2, 0) is 0 Å². The minimum absolute atomic E-state index is 0.0198. The Morgan fingerprint density at radius 2 is 1.73 bits per heavy atom. The van der Waals surface area contributed by atoms with Crippen LogP contribution in [-0.4, -0.2) is 10.9 Å². The summed E-state index contributed by atoms with van der Waals surface area (Å²) in [5.74, 6) is -0.139. The van der Waals surface area contributed by atoms with Gasteiger partial charge in [-0.05, 0) is 19.9 Å². The van der Waals surface area contributed by atoms with Gasteiger partial charge in [-0.25, -0.2) is 0 Å². The summed E-state index contributed by atoms with van der Waals surface area (Å²) in [5, 5.41) is 9.52. The molecule has 0 fully saturated rings. The highest BCUT2D eigenvalue weighted by molar-refractivity contribution is 6.11. The van der Waals surface area contributed by atoms with E-state index in [1.165, 1.54) is 6.08 Å². The molecule has 0 radical (unpaired) electrons. The number of Topliss-reactive ketones (excluding diaryl/α,β-unsaturated/α-hetero) is 1. The first kappa shape index (κ1) is 11.2. The number of carbonyl (C=O) groups excluding carboxylic acids is 1. The molecule has 0 aliphatic heterocycles. The van der Waals surface area contributed by atoms with Crippen molar-refractivity contribution in [2.75, 3.05) is 0 Å². The highest BCUT2D eigenvalue weighted by atomic mass is 16.3. The Kier molecular flexibility index (Phi) is 3.86. The van der Waals surface area contributed by atoms with E-state index in [2.05, 4.69) is 0 Å². The average Bonchev–Trinajstić information content (AvgIpc) is 2.30. The fourth-order valence-electron chi connectivity index (χ4n) is 1.30. The van der Waals surface area contributed by atoms with Crippen LogP contribution in [0, 0.1) is 0 Å². The highest BCUT2D eigenvalue weighted by Crippen LogP contribution is 2.14. The van der Waals surface area contributed by atoms with Crippen LogP contribution in [0.5, 0.6) is 0 Å². The van der Waals surface area contributed by atoms with Crippen molar-refractivity contribution in [2.24, 2.45) is 0 Å². The summed E-state index contributed by atoms with van der Waals surface area (Å²) in [6, 6.07) is 8.91. The third-order valence-corrected chi connectivity index (χ3v) is 2.12. The number of benzene rings is 1. The number of allylic oxidation sites excluding steroid dienone is 3. The van der Waals surface area contributed by atoms with Crippen molar-refractivity contribution in [3.63, 3.8) is 0 Å². The van der Waals surface area contributed by atoms with Gasteiger partial charge in [0.25, 0.3) is 0 Å². The zero-order chi connectivity index (χ0) is 11.3. The summed E-state index contributed by atoms with van der Waals surface area (Å²) in [6.07, 6.45) is 3.13. The largest absolute Gasteiger partial charge is 0.508 e. The van der Waals surface area contributed by atoms with Crippen molar-refractivity contribution < 1.29 is 9.90 Å². The maximum Gasteiger partial charge on any atom is 0.196 e. The molecule has 0 aromatic heterocycles. The molecule has 2 heteroatoms. The molecule has 0 amide bonds. The molecule has 0 aliphatic rings. The van der Waals surface area contributed by atoms with Crippen LogP contribution in [0.2, 0.25) is 0 Å². The molecule has 0 spiro atoms. The second-order valence-electron chi connectivity index (χ2n) is 3.07. The Hall–Kier alpha value is -1.83. The zero-order valence-corrected chi connectivity index (χ0v) is 8.90. The van der Waals surface area contributed by atoms with Gasteiger partial charge in [0, 0.05) is 5.56 Å². The lowest BCUT2D eigenvalue weighted by Crippen LogP contribution is -2.05. The summed E-state index contributed by atoms with van der Waals surface area (Å²) in [6.45, 7) is 3.42. The third kappa shape index (κ3) is 2.56. The van der Waals surface area contributed by atoms with Crippen molar-refractivity contribution in [3.8, 4) is 0 Å². The third-order valence-electron chi connectivity index (χ3n) is 2.12. The second-order valence-corrected chi connectivity index (χ2v) is 3.07. The number of aliphatic hydroxyl groups excluding tert-OH is 1. The van der Waals surface area contributed by atoms with E-state index < -0.39 is 0 Å². The number of carbonyl (C=O) groups is 1. The number of hydrogen-bond donors (Lipinski definition) is 1. The standard InChI is InChI=1S/C13H14O2/c1-3-11(12(14)4-2)13(15)10-8-6-5-7-9-10/h3-9,14H,1-2H3/b11-3+,12-4+. The van der Waals surface area contributed by atoms with Gasteiger partial charge < -0.3 is 5.11 Å². The van der Waals surface area contributed by atoms with Gasteiger partial charge in [-0.3, -0.25) is 4.79 Å². The van der Waals surface area contributed by atoms with Gasteiger partial charge in [-0.2, -0.15) is 0 Å². The van der Waals surface area contributed by atoms with Gasteiger partial charge in [0.05, 0.1) is 5.57 Å². The molecule has 0 unspecified atom stereocenters. The van der Waals surface area contributed by atoms with Gasteiger partial charge in [-0.15, -0.1) is 0 Å². The number of ketones is 1. The van der Waals surface area contributed by atoms with Crippen LogP contribution < -0.4 is 0 Å².